The van der Waals surface area contributed by atoms with Gasteiger partial charge < -0.3 is 46.7 Å². The van der Waals surface area contributed by atoms with Crippen LogP contribution in [0.5, 0.6) is 11.5 Å². The second-order valence-corrected chi connectivity index (χ2v) is 30.1. The van der Waals surface area contributed by atoms with Crippen LogP contribution in [0.25, 0.3) is 10.8 Å². The number of phenols is 1. The van der Waals surface area contributed by atoms with E-state index in [1.165, 1.54) is 27.5 Å². The summed E-state index contributed by atoms with van der Waals surface area (Å²) in [6.45, 7) is 2.83. The van der Waals surface area contributed by atoms with Crippen molar-refractivity contribution in [2.45, 2.75) is 169 Å². The molecule has 7 aromatic rings. The van der Waals surface area contributed by atoms with Crippen LogP contribution in [0.4, 0.5) is 0 Å². The minimum absolute atomic E-state index is 0.00115. The lowest BCUT2D eigenvalue weighted by Gasteiger charge is -2.46. The lowest BCUT2D eigenvalue weighted by atomic mass is 9.64. The molecule has 1 saturated heterocycles. The standard InChI is InChI=1S/C79H88N4O9S/c1-47-17-18-55-38-63-26-30-66(55)70(47)42-74(93(88,89)90)72-40-58-36-57(39-64-33-49(46-84)12-8-14-53-37-62(85)25-29-69(53)76(58)91-64)75(72)50-19-23-60(24-20-50)79(92-63,83-77(80)81)44-61(32-48-10-4-3-5-11-48)78(87)31-9-15-56(43-78)51-21-28-68-54(34-51)22-27-67-59(45-82-2)35-52-13-6-7-16-65(52)71(67)41-73(68)86/h3-7,10-11,13,16,19-21,23-26,28-30,34-35,37-38,40,47,49,56-57,61,64,70,72-76,82,84-87H,9,12,15,17-18,22,27,31-33,36,39,41-46H2,1-2H3,(H4,80,81,83)(H,88,89,90)/t47-,49+,56-,57-,61-,64-,70+,72-,73+,74-,75+,76-,78-,79-/m1/s1. The van der Waals surface area contributed by atoms with E-state index in [0.717, 1.165) is 95.2 Å². The SMILES string of the molecule is CNCc1cc2ccccc2c2c1CCc1cc([C@@H]3CCC[C@](O)([C@H](Cc4ccccc4)C[C@@]4(N=C(N)N)Oc5ccc6c(c5)CC[C@@H](C)[C@@H]6C[C@@H](S(=O)(=O)O)[C@H]5C=C6C[C@H](C[C@H]7C[C@@H](CO)CC#Cc8cc(O)ccc8[C@@H]6O7)[C@@H]5c5ccc4cc5)C3)ccc1[C@@H](O)C2. The fourth-order valence-electron chi connectivity index (χ4n) is 18.2. The zero-order valence-corrected chi connectivity index (χ0v) is 54.2. The summed E-state index contributed by atoms with van der Waals surface area (Å²) < 4.78 is 55.8. The number of hydrogen-bond acceptors (Lipinski definition) is 10. The van der Waals surface area contributed by atoms with Crippen LogP contribution in [0.2, 0.25) is 0 Å². The van der Waals surface area contributed by atoms with Gasteiger partial charge in [-0.3, -0.25) is 4.55 Å². The van der Waals surface area contributed by atoms with Gasteiger partial charge in [-0.1, -0.05) is 134 Å². The Morgan fingerprint density at radius 2 is 1.60 bits per heavy atom. The average Bonchev–Trinajstić information content (AvgIpc) is 1.75. The van der Waals surface area contributed by atoms with Gasteiger partial charge in [0.2, 0.25) is 5.72 Å². The molecular formula is C79H88N4O9S. The van der Waals surface area contributed by atoms with E-state index in [4.69, 9.17) is 25.9 Å². The molecule has 16 rings (SSSR count). The van der Waals surface area contributed by atoms with E-state index >= 15 is 0 Å². The second-order valence-electron chi connectivity index (χ2n) is 28.5. The van der Waals surface area contributed by atoms with E-state index < -0.39 is 56.7 Å². The first-order valence-electron chi connectivity index (χ1n) is 33.9. The van der Waals surface area contributed by atoms with Gasteiger partial charge in [-0.2, -0.15) is 8.42 Å². The molecule has 1 saturated carbocycles. The number of guanidine groups is 1. The molecule has 14 atom stereocenters. The Balaban J connectivity index is 0.872. The summed E-state index contributed by atoms with van der Waals surface area (Å²) in [5.41, 5.74) is 24.5. The molecule has 13 nitrogen and oxygen atoms in total. The number of aliphatic imine (C=N–C) groups is 1. The molecule has 10 bridgehead atoms. The summed E-state index contributed by atoms with van der Waals surface area (Å²) in [6.07, 6.45) is 9.70. The molecule has 5 heterocycles. The summed E-state index contributed by atoms with van der Waals surface area (Å²) in [6, 6.07) is 47.1. The Bertz CT molecular complexity index is 4200. The molecule has 484 valence electrons. The third-order valence-corrected chi connectivity index (χ3v) is 24.0. The van der Waals surface area contributed by atoms with Crippen LogP contribution in [-0.4, -0.2) is 70.0 Å². The van der Waals surface area contributed by atoms with Gasteiger partial charge in [-0.25, -0.2) is 4.99 Å². The molecule has 0 unspecified atom stereocenters. The van der Waals surface area contributed by atoms with E-state index in [1.807, 2.05) is 49.5 Å². The number of nitrogens with zero attached hydrogens (tertiary/aromatic N) is 1. The fraction of sp³-hybridized carbons (Fsp3) is 0.430. The molecule has 2 fully saturated rings. The van der Waals surface area contributed by atoms with E-state index in [-0.39, 0.29) is 66.9 Å². The zero-order valence-electron chi connectivity index (χ0n) is 53.4. The van der Waals surface area contributed by atoms with Crippen molar-refractivity contribution in [2.24, 2.45) is 46.0 Å². The number of nitrogens with two attached hydrogens (primary N) is 2. The smallest absolute Gasteiger partial charge is 0.268 e. The van der Waals surface area contributed by atoms with Gasteiger partial charge in [0.1, 0.15) is 17.6 Å². The van der Waals surface area contributed by atoms with Gasteiger partial charge in [-0.15, -0.1) is 0 Å². The maximum atomic E-state index is 14.6. The van der Waals surface area contributed by atoms with E-state index in [0.29, 0.717) is 68.2 Å². The number of ether oxygens (including phenoxy) is 2. The predicted octanol–water partition coefficient (Wildman–Crippen LogP) is 12.7. The quantitative estimate of drug-likeness (QED) is 0.0199. The van der Waals surface area contributed by atoms with Crippen molar-refractivity contribution in [3.05, 3.63) is 224 Å². The van der Waals surface area contributed by atoms with Crippen molar-refractivity contribution in [1.82, 2.24) is 5.32 Å². The minimum atomic E-state index is -4.72. The minimum Gasteiger partial charge on any atom is -0.508 e. The Hall–Kier alpha value is -7.32. The summed E-state index contributed by atoms with van der Waals surface area (Å²) in [5, 5.41) is 52.2. The molecule has 9 aliphatic rings. The highest BCUT2D eigenvalue weighted by Gasteiger charge is 2.51. The fourth-order valence-corrected chi connectivity index (χ4v) is 19.3. The Morgan fingerprint density at radius 3 is 2.40 bits per heavy atom. The van der Waals surface area contributed by atoms with E-state index in [9.17, 15) is 33.4 Å². The maximum Gasteiger partial charge on any atom is 0.268 e. The van der Waals surface area contributed by atoms with Gasteiger partial charge in [0.05, 0.1) is 23.1 Å². The van der Waals surface area contributed by atoms with E-state index in [2.05, 4.69) is 115 Å². The van der Waals surface area contributed by atoms with Crippen molar-refractivity contribution >= 4 is 26.9 Å². The molecule has 7 aromatic carbocycles. The van der Waals surface area contributed by atoms with E-state index in [1.54, 1.807) is 12.1 Å². The first-order valence-corrected chi connectivity index (χ1v) is 35.5. The number of fused-ring (bicyclic) bond motifs is 12. The molecule has 14 heteroatoms. The maximum absolute atomic E-state index is 14.6. The number of aliphatic hydroxyl groups is 3. The summed E-state index contributed by atoms with van der Waals surface area (Å²) in [5.74, 6) is 4.90. The van der Waals surface area contributed by atoms with Crippen molar-refractivity contribution in [3.8, 4) is 23.3 Å². The van der Waals surface area contributed by atoms with Gasteiger partial charge in [-0.05, 0) is 234 Å². The highest BCUT2D eigenvalue weighted by atomic mass is 32.2. The van der Waals surface area contributed by atoms with Crippen LogP contribution < -0.4 is 21.5 Å². The van der Waals surface area contributed by atoms with Gasteiger partial charge in [0.15, 0.2) is 5.96 Å². The largest absolute Gasteiger partial charge is 0.508 e. The third kappa shape index (κ3) is 12.6. The first-order chi connectivity index (χ1) is 44.9. The number of benzene rings is 7. The number of allylic oxidation sites excluding steroid dienone is 1. The Morgan fingerprint density at radius 1 is 0.828 bits per heavy atom. The van der Waals surface area contributed by atoms with Gasteiger partial charge in [0, 0.05) is 55.0 Å². The topological polar surface area (TPSA) is 230 Å². The number of phenolic OH excluding ortho intramolecular Hbond substituents is 1. The molecule has 0 radical (unpaired) electrons. The van der Waals surface area contributed by atoms with Crippen LogP contribution in [0.3, 0.4) is 0 Å². The average molecular weight is 1270 g/mol. The second kappa shape index (κ2) is 25.8. The Labute approximate surface area is 547 Å². The van der Waals surface area contributed by atoms with Crippen molar-refractivity contribution in [2.75, 3.05) is 13.7 Å². The van der Waals surface area contributed by atoms with Gasteiger partial charge in [0.25, 0.3) is 10.1 Å². The number of aromatic hydroxyl groups is 1. The number of hydrogen-bond donors (Lipinski definition) is 8. The number of aliphatic hydroxyl groups excluding tert-OH is 2. The zero-order chi connectivity index (χ0) is 64.3. The van der Waals surface area contributed by atoms with Crippen LogP contribution in [0.1, 0.15) is 180 Å². The number of aryl methyl sites for hydroxylation is 2. The predicted molar refractivity (Wildman–Crippen MR) is 364 cm³/mol. The summed E-state index contributed by atoms with van der Waals surface area (Å²) in [7, 11) is -2.74. The Kier molecular flexibility index (Phi) is 17.5. The molecular weight excluding hydrogens is 1180 g/mol. The summed E-state index contributed by atoms with van der Waals surface area (Å²) in [4.78, 5) is 5.23. The normalized spacial score (nSPS) is 29.3. The van der Waals surface area contributed by atoms with Crippen LogP contribution in [-0.2, 0) is 59.2 Å². The van der Waals surface area contributed by atoms with Crippen molar-refractivity contribution in [3.63, 3.8) is 0 Å². The molecule has 0 amide bonds. The van der Waals surface area contributed by atoms with Crippen LogP contribution >= 0.6 is 0 Å². The van der Waals surface area contributed by atoms with Crippen LogP contribution in [0, 0.1) is 41.4 Å². The lowest BCUT2D eigenvalue weighted by molar-refractivity contribution is -0.0834. The molecule has 0 spiro atoms. The molecule has 0 aromatic heterocycles. The molecule has 4 aliphatic carbocycles. The highest BCUT2D eigenvalue weighted by molar-refractivity contribution is 7.86. The third-order valence-electron chi connectivity index (χ3n) is 22.7. The highest BCUT2D eigenvalue weighted by Crippen LogP contribution is 2.56. The molecule has 5 aliphatic heterocycles. The molecule has 93 heavy (non-hydrogen) atoms. The van der Waals surface area contributed by atoms with Crippen LogP contribution in [0.15, 0.2) is 156 Å². The first kappa shape index (κ1) is 63.1. The van der Waals surface area contributed by atoms with Gasteiger partial charge >= 0.3 is 0 Å². The summed E-state index contributed by atoms with van der Waals surface area (Å²) >= 11 is 0. The van der Waals surface area contributed by atoms with Crippen molar-refractivity contribution < 1.29 is 42.9 Å². The number of nitrogens with one attached hydrogen (secondary N) is 1. The number of rotatable bonds is 11. The monoisotopic (exact) mass is 1270 g/mol. The molecule has 10 N–H and O–H groups in total. The lowest BCUT2D eigenvalue weighted by Crippen LogP contribution is -2.48. The van der Waals surface area contributed by atoms with Crippen molar-refractivity contribution in [1.29, 1.82) is 0 Å².